The molecule has 1 aromatic carbocycles. The molecule has 4 bridgehead atoms. The Bertz CT molecular complexity index is 1490. The summed E-state index contributed by atoms with van der Waals surface area (Å²) >= 11 is 0. The maximum Gasteiger partial charge on any atom is 0.449 e. The highest BCUT2D eigenvalue weighted by molar-refractivity contribution is 5.99. The predicted octanol–water partition coefficient (Wildman–Crippen LogP) is 6.09. The molecule has 1 aromatic heterocycles. The number of nitrogens with one attached hydrogen (secondary N) is 3. The second-order valence-electron chi connectivity index (χ2n) is 14.8. The number of amides is 2. The Morgan fingerprint density at radius 3 is 2.30 bits per heavy atom. The van der Waals surface area contributed by atoms with Crippen LogP contribution in [0.25, 0.3) is 10.9 Å². The average molecular weight is 616 g/mol. The van der Waals surface area contributed by atoms with Crippen molar-refractivity contribution in [3.05, 3.63) is 34.4 Å². The zero-order chi connectivity index (χ0) is 31.3. The lowest BCUT2D eigenvalue weighted by Gasteiger charge is -2.65. The fraction of sp³-hybridized carbons (Fsp3) is 0.697. The smallest absolute Gasteiger partial charge is 0.384 e. The number of unbranched alkanes of at least 4 members (excludes halogenated alkanes) is 4. The van der Waals surface area contributed by atoms with E-state index in [9.17, 15) is 27.6 Å². The summed E-state index contributed by atoms with van der Waals surface area (Å²) in [6.07, 6.45) is 8.05. The van der Waals surface area contributed by atoms with Crippen LogP contribution < -0.4 is 21.5 Å². The van der Waals surface area contributed by atoms with Crippen LogP contribution in [0.5, 0.6) is 0 Å². The van der Waals surface area contributed by atoms with E-state index < -0.39 is 35.4 Å². The van der Waals surface area contributed by atoms with Crippen molar-refractivity contribution >= 4 is 28.4 Å². The molecule has 8 nitrogen and oxygen atoms in total. The molecule has 0 spiro atoms. The minimum atomic E-state index is -4.96. The summed E-state index contributed by atoms with van der Waals surface area (Å²) in [5.74, 6) is -2.07. The van der Waals surface area contributed by atoms with E-state index in [2.05, 4.69) is 29.5 Å². The van der Waals surface area contributed by atoms with E-state index in [-0.39, 0.29) is 23.7 Å². The number of rotatable bonds is 11. The van der Waals surface area contributed by atoms with Crippen molar-refractivity contribution < 1.29 is 22.8 Å². The van der Waals surface area contributed by atoms with Crippen LogP contribution in [-0.2, 0) is 15.8 Å². The van der Waals surface area contributed by atoms with Crippen LogP contribution in [0.3, 0.4) is 0 Å². The Morgan fingerprint density at radius 1 is 0.955 bits per heavy atom. The first-order valence-corrected chi connectivity index (χ1v) is 16.2. The number of piperidine rings is 1. The summed E-state index contributed by atoms with van der Waals surface area (Å²) in [5.41, 5.74) is 0.689. The normalized spacial score (nSPS) is 31.5. The van der Waals surface area contributed by atoms with Gasteiger partial charge < -0.3 is 10.6 Å². The number of fused-ring (bicyclic) bond motifs is 1. The second-order valence-corrected chi connectivity index (χ2v) is 14.8. The van der Waals surface area contributed by atoms with Gasteiger partial charge in [0.1, 0.15) is 6.04 Å². The van der Waals surface area contributed by atoms with Crippen LogP contribution in [0.2, 0.25) is 0 Å². The molecular weight excluding hydrogens is 571 g/mol. The van der Waals surface area contributed by atoms with Crippen molar-refractivity contribution in [3.8, 4) is 0 Å². The minimum absolute atomic E-state index is 0.00340. The molecule has 4 aliphatic carbocycles. The Balaban J connectivity index is 1.02. The van der Waals surface area contributed by atoms with Crippen LogP contribution in [0.15, 0.2) is 23.0 Å². The standard InChI is InChI=1S/C33H44F3N5O3/c1-30-15-21-16-31(2,18-30)20-32(17-21,19-30)38-14-7-5-3-4-6-13-37-22-9-8-10-23-26(22)28(44)41(29(39-23)33(34,35)36)24-11-12-25(42)40-27(24)43/h8-10,21,24,37-38H,3-7,11-20H2,1-2H3,(H,40,42,43)/t21?,24-,30-,31+,32?/m0/s1. The number of nitrogens with zero attached hydrogens (tertiary/aromatic N) is 2. The van der Waals surface area contributed by atoms with Crippen molar-refractivity contribution in [2.45, 2.75) is 115 Å². The number of aromatic nitrogens is 2. The SMILES string of the molecule is C[C@]12CC3CC(NCCCCCCCNc4cccc5nc(C(F)(F)F)n([C@H]6CCC(=O)NC6=O)c(=O)c45)(C1)C[C@@](C)(C3)C2. The van der Waals surface area contributed by atoms with Crippen molar-refractivity contribution in [1.82, 2.24) is 20.2 Å². The minimum Gasteiger partial charge on any atom is -0.384 e. The Hall–Kier alpha value is -2.95. The molecule has 2 amide bonds. The summed E-state index contributed by atoms with van der Waals surface area (Å²) in [6, 6.07) is 3.10. The number of benzene rings is 1. The van der Waals surface area contributed by atoms with Crippen molar-refractivity contribution in [2.24, 2.45) is 16.7 Å². The van der Waals surface area contributed by atoms with Crippen LogP contribution >= 0.6 is 0 Å². The first-order chi connectivity index (χ1) is 20.8. The van der Waals surface area contributed by atoms with Crippen molar-refractivity contribution in [1.29, 1.82) is 0 Å². The van der Waals surface area contributed by atoms with Gasteiger partial charge in [0.15, 0.2) is 0 Å². The average Bonchev–Trinajstić information content (AvgIpc) is 2.90. The molecule has 44 heavy (non-hydrogen) atoms. The molecule has 1 aliphatic heterocycles. The molecule has 11 heteroatoms. The number of halogens is 3. The zero-order valence-electron chi connectivity index (χ0n) is 25.7. The van der Waals surface area contributed by atoms with E-state index in [0.29, 0.717) is 33.2 Å². The number of carbonyl (C=O) groups excluding carboxylic acids is 2. The summed E-state index contributed by atoms with van der Waals surface area (Å²) < 4.78 is 42.3. The van der Waals surface area contributed by atoms with E-state index in [4.69, 9.17) is 0 Å². The topological polar surface area (TPSA) is 105 Å². The third-order valence-corrected chi connectivity index (χ3v) is 10.5. The molecule has 7 rings (SSSR count). The molecule has 5 atom stereocenters. The summed E-state index contributed by atoms with van der Waals surface area (Å²) in [4.78, 5) is 41.4. The molecular formula is C33H44F3N5O3. The quantitative estimate of drug-likeness (QED) is 0.209. The van der Waals surface area contributed by atoms with E-state index in [1.807, 2.05) is 5.32 Å². The van der Waals surface area contributed by atoms with E-state index >= 15 is 0 Å². The van der Waals surface area contributed by atoms with Gasteiger partial charge in [0.05, 0.1) is 10.9 Å². The summed E-state index contributed by atoms with van der Waals surface area (Å²) in [5, 5.41) is 9.27. The number of carbonyl (C=O) groups is 2. The van der Waals surface area contributed by atoms with Crippen molar-refractivity contribution in [3.63, 3.8) is 0 Å². The van der Waals surface area contributed by atoms with Gasteiger partial charge in [-0.15, -0.1) is 0 Å². The number of hydrogen-bond acceptors (Lipinski definition) is 6. The summed E-state index contributed by atoms with van der Waals surface area (Å²) in [7, 11) is 0. The van der Waals surface area contributed by atoms with E-state index in [1.54, 1.807) is 12.1 Å². The Morgan fingerprint density at radius 2 is 1.64 bits per heavy atom. The van der Waals surface area contributed by atoms with Gasteiger partial charge in [-0.1, -0.05) is 39.2 Å². The van der Waals surface area contributed by atoms with Gasteiger partial charge in [0.25, 0.3) is 5.56 Å². The largest absolute Gasteiger partial charge is 0.449 e. The van der Waals surface area contributed by atoms with Gasteiger partial charge in [-0.05, 0) is 93.2 Å². The summed E-state index contributed by atoms with van der Waals surface area (Å²) in [6.45, 7) is 6.61. The van der Waals surface area contributed by atoms with Gasteiger partial charge in [0, 0.05) is 24.2 Å². The second kappa shape index (κ2) is 11.4. The molecule has 0 radical (unpaired) electrons. The zero-order valence-corrected chi connectivity index (χ0v) is 25.7. The maximum atomic E-state index is 14.0. The highest BCUT2D eigenvalue weighted by Gasteiger charge is 2.59. The first-order valence-electron chi connectivity index (χ1n) is 16.2. The monoisotopic (exact) mass is 615 g/mol. The lowest BCUT2D eigenvalue weighted by Crippen LogP contribution is -2.64. The molecule has 1 saturated heterocycles. The molecule has 4 saturated carbocycles. The Labute approximate surface area is 255 Å². The molecule has 5 fully saturated rings. The van der Waals surface area contributed by atoms with Crippen molar-refractivity contribution in [2.75, 3.05) is 18.4 Å². The van der Waals surface area contributed by atoms with Gasteiger partial charge in [-0.2, -0.15) is 13.2 Å². The van der Waals surface area contributed by atoms with Gasteiger partial charge >= 0.3 is 6.18 Å². The fourth-order valence-corrected chi connectivity index (χ4v) is 9.81. The van der Waals surface area contributed by atoms with Gasteiger partial charge in [-0.3, -0.25) is 24.3 Å². The molecule has 5 aliphatic rings. The molecule has 240 valence electrons. The highest BCUT2D eigenvalue weighted by Crippen LogP contribution is 2.66. The lowest BCUT2D eigenvalue weighted by atomic mass is 9.43. The van der Waals surface area contributed by atoms with Crippen LogP contribution in [-0.4, -0.2) is 40.0 Å². The first kappa shape index (κ1) is 31.0. The highest BCUT2D eigenvalue weighted by atomic mass is 19.4. The number of hydrogen-bond donors (Lipinski definition) is 3. The number of anilines is 1. The third-order valence-electron chi connectivity index (χ3n) is 10.5. The molecule has 2 heterocycles. The number of imide groups is 1. The molecule has 2 unspecified atom stereocenters. The van der Waals surface area contributed by atoms with E-state index in [1.165, 1.54) is 44.6 Å². The van der Waals surface area contributed by atoms with Crippen LogP contribution in [0.4, 0.5) is 18.9 Å². The third kappa shape index (κ3) is 6.13. The number of alkyl halides is 3. The predicted molar refractivity (Wildman–Crippen MR) is 162 cm³/mol. The lowest BCUT2D eigenvalue weighted by molar-refractivity contribution is -0.150. The molecule has 3 N–H and O–H groups in total. The van der Waals surface area contributed by atoms with Crippen LogP contribution in [0.1, 0.15) is 109 Å². The van der Waals surface area contributed by atoms with Gasteiger partial charge in [-0.25, -0.2) is 4.98 Å². The van der Waals surface area contributed by atoms with Gasteiger partial charge in [0.2, 0.25) is 17.6 Å². The maximum absolute atomic E-state index is 14.0. The molecule has 2 aromatic rings. The van der Waals surface area contributed by atoms with Crippen LogP contribution in [0, 0.1) is 16.7 Å². The fourth-order valence-electron chi connectivity index (χ4n) is 9.81. The van der Waals surface area contributed by atoms with E-state index in [0.717, 1.165) is 44.6 Å². The Kier molecular flexibility index (Phi) is 8.08.